The van der Waals surface area contributed by atoms with Crippen molar-refractivity contribution in [3.63, 3.8) is 0 Å². The zero-order valence-electron chi connectivity index (χ0n) is 11.9. The van der Waals surface area contributed by atoms with Crippen LogP contribution in [0.5, 0.6) is 5.75 Å². The van der Waals surface area contributed by atoms with Gasteiger partial charge in [-0.15, -0.1) is 0 Å². The quantitative estimate of drug-likeness (QED) is 0.806. The van der Waals surface area contributed by atoms with Crippen molar-refractivity contribution in [3.05, 3.63) is 36.5 Å². The summed E-state index contributed by atoms with van der Waals surface area (Å²) in [7, 11) is 0. The van der Waals surface area contributed by atoms with Crippen LogP contribution in [0.4, 0.5) is 0 Å². The minimum absolute atomic E-state index is 0.170. The Labute approximate surface area is 115 Å². The Balaban J connectivity index is 1.95. The Kier molecular flexibility index (Phi) is 4.38. The Morgan fingerprint density at radius 3 is 2.84 bits per heavy atom. The topological polar surface area (TPSA) is 34.1 Å². The second-order valence-electron chi connectivity index (χ2n) is 5.34. The molecule has 0 spiro atoms. The molecular weight excluding hydrogens is 236 g/mol. The number of aromatic nitrogens is 1. The van der Waals surface area contributed by atoms with E-state index in [-0.39, 0.29) is 5.54 Å². The lowest BCUT2D eigenvalue weighted by atomic mass is 10.0. The number of nitrogens with one attached hydrogen (secondary N) is 1. The number of ether oxygens (including phenoxy) is 1. The van der Waals surface area contributed by atoms with Crippen LogP contribution in [0.3, 0.4) is 0 Å². The molecule has 0 bridgehead atoms. The van der Waals surface area contributed by atoms with E-state index in [0.29, 0.717) is 6.61 Å². The molecule has 0 aliphatic carbocycles. The van der Waals surface area contributed by atoms with Crippen molar-refractivity contribution in [2.24, 2.45) is 0 Å². The van der Waals surface area contributed by atoms with E-state index in [1.165, 1.54) is 0 Å². The fourth-order valence-electron chi connectivity index (χ4n) is 1.88. The summed E-state index contributed by atoms with van der Waals surface area (Å²) in [6, 6.07) is 9.96. The molecule has 0 radical (unpaired) electrons. The summed E-state index contributed by atoms with van der Waals surface area (Å²) < 4.78 is 5.86. The molecule has 0 fully saturated rings. The molecule has 1 heterocycles. The van der Waals surface area contributed by atoms with E-state index >= 15 is 0 Å². The first-order chi connectivity index (χ1) is 9.12. The summed E-state index contributed by atoms with van der Waals surface area (Å²) in [6.45, 7) is 8.10. The van der Waals surface area contributed by atoms with Crippen molar-refractivity contribution in [2.45, 2.75) is 32.7 Å². The van der Waals surface area contributed by atoms with Crippen molar-refractivity contribution >= 4 is 10.9 Å². The number of nitrogens with zero attached hydrogens (tertiary/aromatic N) is 1. The molecule has 0 atom stereocenters. The number of rotatable bonds is 6. The largest absolute Gasteiger partial charge is 0.492 e. The summed E-state index contributed by atoms with van der Waals surface area (Å²) in [6.07, 6.45) is 2.91. The van der Waals surface area contributed by atoms with Gasteiger partial charge in [0.2, 0.25) is 0 Å². The summed E-state index contributed by atoms with van der Waals surface area (Å²) in [5.74, 6) is 0.904. The maximum atomic E-state index is 5.86. The zero-order chi connectivity index (χ0) is 13.7. The lowest BCUT2D eigenvalue weighted by Crippen LogP contribution is -2.40. The number of benzene rings is 1. The summed E-state index contributed by atoms with van der Waals surface area (Å²) >= 11 is 0. The van der Waals surface area contributed by atoms with Crippen molar-refractivity contribution in [1.82, 2.24) is 10.3 Å². The van der Waals surface area contributed by atoms with Crippen LogP contribution < -0.4 is 10.1 Å². The fraction of sp³-hybridized carbons (Fsp3) is 0.438. The average molecular weight is 258 g/mol. The van der Waals surface area contributed by atoms with Crippen LogP contribution in [-0.2, 0) is 0 Å². The third kappa shape index (κ3) is 3.67. The van der Waals surface area contributed by atoms with Crippen LogP contribution in [-0.4, -0.2) is 23.7 Å². The molecule has 1 aromatic heterocycles. The van der Waals surface area contributed by atoms with E-state index in [0.717, 1.165) is 29.6 Å². The number of pyridine rings is 1. The molecule has 2 aromatic rings. The van der Waals surface area contributed by atoms with Crippen LogP contribution in [0, 0.1) is 0 Å². The third-order valence-corrected chi connectivity index (χ3v) is 3.45. The van der Waals surface area contributed by atoms with E-state index < -0.39 is 0 Å². The minimum atomic E-state index is 0.170. The van der Waals surface area contributed by atoms with Crippen molar-refractivity contribution in [3.8, 4) is 5.75 Å². The SMILES string of the molecule is CCC(C)(C)NCCOc1cccc2ncccc12. The molecule has 0 aliphatic rings. The summed E-state index contributed by atoms with van der Waals surface area (Å²) in [5.41, 5.74) is 1.14. The van der Waals surface area contributed by atoms with Gasteiger partial charge < -0.3 is 10.1 Å². The van der Waals surface area contributed by atoms with Gasteiger partial charge in [-0.25, -0.2) is 0 Å². The number of hydrogen-bond donors (Lipinski definition) is 1. The van der Waals surface area contributed by atoms with Crippen molar-refractivity contribution < 1.29 is 4.74 Å². The number of hydrogen-bond acceptors (Lipinski definition) is 3. The summed E-state index contributed by atoms with van der Waals surface area (Å²) in [4.78, 5) is 4.33. The van der Waals surface area contributed by atoms with Crippen LogP contribution >= 0.6 is 0 Å². The molecular formula is C16H22N2O. The molecule has 102 valence electrons. The molecule has 1 aromatic carbocycles. The zero-order valence-corrected chi connectivity index (χ0v) is 11.9. The normalized spacial score (nSPS) is 11.7. The van der Waals surface area contributed by atoms with Gasteiger partial charge in [0.1, 0.15) is 12.4 Å². The highest BCUT2D eigenvalue weighted by Crippen LogP contribution is 2.23. The Hall–Kier alpha value is -1.61. The predicted molar refractivity (Wildman–Crippen MR) is 79.6 cm³/mol. The Bertz CT molecular complexity index is 532. The Morgan fingerprint density at radius 1 is 1.21 bits per heavy atom. The molecule has 3 nitrogen and oxygen atoms in total. The van der Waals surface area contributed by atoms with Gasteiger partial charge in [0.25, 0.3) is 0 Å². The maximum absolute atomic E-state index is 5.86. The van der Waals surface area contributed by atoms with Crippen LogP contribution in [0.15, 0.2) is 36.5 Å². The fourth-order valence-corrected chi connectivity index (χ4v) is 1.88. The van der Waals surface area contributed by atoms with Gasteiger partial charge in [-0.05, 0) is 44.5 Å². The lowest BCUT2D eigenvalue weighted by Gasteiger charge is -2.24. The Morgan fingerprint density at radius 2 is 2.05 bits per heavy atom. The average Bonchev–Trinajstić information content (AvgIpc) is 2.44. The second kappa shape index (κ2) is 6.02. The van der Waals surface area contributed by atoms with E-state index in [1.807, 2.05) is 30.3 Å². The molecule has 0 saturated heterocycles. The van der Waals surface area contributed by atoms with Crippen LogP contribution in [0.2, 0.25) is 0 Å². The van der Waals surface area contributed by atoms with Crippen LogP contribution in [0.1, 0.15) is 27.2 Å². The third-order valence-electron chi connectivity index (χ3n) is 3.45. The highest BCUT2D eigenvalue weighted by Gasteiger charge is 2.12. The molecule has 0 unspecified atom stereocenters. The molecule has 2 rings (SSSR count). The highest BCUT2D eigenvalue weighted by atomic mass is 16.5. The molecule has 0 aliphatic heterocycles. The van der Waals surface area contributed by atoms with E-state index in [4.69, 9.17) is 4.74 Å². The van der Waals surface area contributed by atoms with Gasteiger partial charge in [0.05, 0.1) is 5.52 Å². The standard InChI is InChI=1S/C16H22N2O/c1-4-16(2,3)18-11-12-19-15-9-5-8-14-13(15)7-6-10-17-14/h5-10,18H,4,11-12H2,1-3H3. The summed E-state index contributed by atoms with van der Waals surface area (Å²) in [5, 5.41) is 4.56. The molecule has 0 amide bonds. The van der Waals surface area contributed by atoms with Gasteiger partial charge >= 0.3 is 0 Å². The monoisotopic (exact) mass is 258 g/mol. The molecule has 1 N–H and O–H groups in total. The van der Waals surface area contributed by atoms with E-state index in [1.54, 1.807) is 6.20 Å². The molecule has 3 heteroatoms. The first-order valence-corrected chi connectivity index (χ1v) is 6.84. The van der Waals surface area contributed by atoms with Gasteiger partial charge in [-0.3, -0.25) is 4.98 Å². The van der Waals surface area contributed by atoms with Gasteiger partial charge in [-0.2, -0.15) is 0 Å². The lowest BCUT2D eigenvalue weighted by molar-refractivity contribution is 0.283. The maximum Gasteiger partial charge on any atom is 0.128 e. The molecule has 0 saturated carbocycles. The van der Waals surface area contributed by atoms with Gasteiger partial charge in [0.15, 0.2) is 0 Å². The first kappa shape index (κ1) is 13.8. The smallest absolute Gasteiger partial charge is 0.128 e. The highest BCUT2D eigenvalue weighted by molar-refractivity contribution is 5.84. The van der Waals surface area contributed by atoms with Crippen LogP contribution in [0.25, 0.3) is 10.9 Å². The van der Waals surface area contributed by atoms with E-state index in [9.17, 15) is 0 Å². The first-order valence-electron chi connectivity index (χ1n) is 6.84. The van der Waals surface area contributed by atoms with Gasteiger partial charge in [-0.1, -0.05) is 13.0 Å². The van der Waals surface area contributed by atoms with Crippen molar-refractivity contribution in [2.75, 3.05) is 13.2 Å². The predicted octanol–water partition coefficient (Wildman–Crippen LogP) is 3.39. The number of fused-ring (bicyclic) bond motifs is 1. The van der Waals surface area contributed by atoms with Crippen molar-refractivity contribution in [1.29, 1.82) is 0 Å². The van der Waals surface area contributed by atoms with E-state index in [2.05, 4.69) is 31.1 Å². The van der Waals surface area contributed by atoms with Gasteiger partial charge in [0, 0.05) is 23.7 Å². The second-order valence-corrected chi connectivity index (χ2v) is 5.34. The minimum Gasteiger partial charge on any atom is -0.492 e. The molecule has 19 heavy (non-hydrogen) atoms.